The number of nitrogens with two attached hydrogens (primary N) is 1. The van der Waals surface area contributed by atoms with E-state index in [4.69, 9.17) is 10.5 Å². The summed E-state index contributed by atoms with van der Waals surface area (Å²) in [5.74, 6) is 1.22. The molecular weight excluding hydrogens is 206 g/mol. The lowest BCUT2D eigenvalue weighted by molar-refractivity contribution is -0.124. The van der Waals surface area contributed by atoms with Gasteiger partial charge in [-0.15, -0.1) is 0 Å². The monoisotopic (exact) mass is 221 g/mol. The predicted molar refractivity (Wildman–Crippen MR) is 60.1 cm³/mol. The van der Waals surface area contributed by atoms with Crippen LogP contribution in [0.5, 0.6) is 5.75 Å². The van der Waals surface area contributed by atoms with Crippen molar-refractivity contribution in [2.75, 3.05) is 11.9 Å². The molecule has 1 aromatic heterocycles. The molecule has 1 aliphatic heterocycles. The van der Waals surface area contributed by atoms with Gasteiger partial charge in [0.1, 0.15) is 0 Å². The number of pyridine rings is 1. The summed E-state index contributed by atoms with van der Waals surface area (Å²) >= 11 is 0. The van der Waals surface area contributed by atoms with Crippen LogP contribution in [0.1, 0.15) is 13.3 Å². The summed E-state index contributed by atoms with van der Waals surface area (Å²) in [6, 6.07) is 3.57. The van der Waals surface area contributed by atoms with E-state index in [2.05, 4.69) is 10.3 Å². The van der Waals surface area contributed by atoms with E-state index < -0.39 is 6.10 Å². The standard InChI is InChI=1S/C11H15N3O2/c1-7(6-12)5-9-11(15)14-10-8(16-9)3-2-4-13-10/h2-4,7,9H,5-6,12H2,1H3,(H,13,14,15). The molecule has 0 radical (unpaired) electrons. The summed E-state index contributed by atoms with van der Waals surface area (Å²) in [6.07, 6.45) is 1.78. The zero-order valence-corrected chi connectivity index (χ0v) is 9.14. The van der Waals surface area contributed by atoms with Crippen molar-refractivity contribution in [3.8, 4) is 5.75 Å². The fourth-order valence-electron chi connectivity index (χ4n) is 1.60. The van der Waals surface area contributed by atoms with Crippen LogP contribution in [0.4, 0.5) is 5.82 Å². The Morgan fingerprint density at radius 2 is 2.50 bits per heavy atom. The van der Waals surface area contributed by atoms with E-state index in [0.717, 1.165) is 0 Å². The third-order valence-corrected chi connectivity index (χ3v) is 2.59. The van der Waals surface area contributed by atoms with Gasteiger partial charge in [0.15, 0.2) is 17.7 Å². The van der Waals surface area contributed by atoms with Crippen molar-refractivity contribution in [2.45, 2.75) is 19.4 Å². The molecule has 3 N–H and O–H groups in total. The molecule has 2 atom stereocenters. The minimum atomic E-state index is -0.463. The molecule has 0 aromatic carbocycles. The van der Waals surface area contributed by atoms with Crippen LogP contribution in [0.25, 0.3) is 0 Å². The first-order chi connectivity index (χ1) is 7.70. The number of hydrogen-bond donors (Lipinski definition) is 2. The van der Waals surface area contributed by atoms with Crippen molar-refractivity contribution in [3.05, 3.63) is 18.3 Å². The quantitative estimate of drug-likeness (QED) is 0.790. The van der Waals surface area contributed by atoms with Crippen LogP contribution < -0.4 is 15.8 Å². The van der Waals surface area contributed by atoms with Gasteiger partial charge in [-0.3, -0.25) is 4.79 Å². The third-order valence-electron chi connectivity index (χ3n) is 2.59. The summed E-state index contributed by atoms with van der Waals surface area (Å²) in [4.78, 5) is 15.7. The number of anilines is 1. The Morgan fingerprint density at radius 1 is 1.69 bits per heavy atom. The van der Waals surface area contributed by atoms with Gasteiger partial charge >= 0.3 is 0 Å². The molecule has 1 aromatic rings. The fraction of sp³-hybridized carbons (Fsp3) is 0.455. The molecule has 0 bridgehead atoms. The van der Waals surface area contributed by atoms with Crippen molar-refractivity contribution in [2.24, 2.45) is 11.7 Å². The van der Waals surface area contributed by atoms with E-state index in [9.17, 15) is 4.79 Å². The van der Waals surface area contributed by atoms with Gasteiger partial charge in [0.25, 0.3) is 5.91 Å². The molecule has 2 heterocycles. The first-order valence-corrected chi connectivity index (χ1v) is 5.33. The number of ether oxygens (including phenoxy) is 1. The van der Waals surface area contributed by atoms with Crippen LogP contribution in [-0.2, 0) is 4.79 Å². The lowest BCUT2D eigenvalue weighted by Crippen LogP contribution is -2.39. The van der Waals surface area contributed by atoms with Crippen molar-refractivity contribution in [1.82, 2.24) is 4.98 Å². The first-order valence-electron chi connectivity index (χ1n) is 5.33. The molecule has 0 saturated carbocycles. The Hall–Kier alpha value is -1.62. The maximum atomic E-state index is 11.7. The maximum absolute atomic E-state index is 11.7. The van der Waals surface area contributed by atoms with Gasteiger partial charge in [0.05, 0.1) is 0 Å². The molecular formula is C11H15N3O2. The lowest BCUT2D eigenvalue weighted by Gasteiger charge is -2.26. The van der Waals surface area contributed by atoms with Crippen LogP contribution in [0.2, 0.25) is 0 Å². The van der Waals surface area contributed by atoms with Gasteiger partial charge in [-0.1, -0.05) is 6.92 Å². The van der Waals surface area contributed by atoms with Crippen LogP contribution >= 0.6 is 0 Å². The van der Waals surface area contributed by atoms with E-state index in [-0.39, 0.29) is 11.8 Å². The zero-order valence-electron chi connectivity index (χ0n) is 9.14. The van der Waals surface area contributed by atoms with Crippen LogP contribution in [-0.4, -0.2) is 23.5 Å². The first kappa shape index (κ1) is 10.9. The highest BCUT2D eigenvalue weighted by Gasteiger charge is 2.29. The highest BCUT2D eigenvalue weighted by Crippen LogP contribution is 2.28. The Balaban J connectivity index is 2.12. The Bertz CT molecular complexity index is 395. The van der Waals surface area contributed by atoms with E-state index >= 15 is 0 Å². The molecule has 16 heavy (non-hydrogen) atoms. The molecule has 86 valence electrons. The molecule has 1 aliphatic rings. The van der Waals surface area contributed by atoms with E-state index in [1.807, 2.05) is 6.92 Å². The largest absolute Gasteiger partial charge is 0.477 e. The number of amides is 1. The molecule has 2 unspecified atom stereocenters. The fourth-order valence-corrected chi connectivity index (χ4v) is 1.60. The Labute approximate surface area is 94.0 Å². The van der Waals surface area contributed by atoms with Gasteiger partial charge in [-0.25, -0.2) is 4.98 Å². The molecule has 1 amide bonds. The SMILES string of the molecule is CC(CN)CC1Oc2cccnc2NC1=O. The topological polar surface area (TPSA) is 77.2 Å². The van der Waals surface area contributed by atoms with Gasteiger partial charge in [-0.05, 0) is 31.0 Å². The average Bonchev–Trinajstić information content (AvgIpc) is 2.30. The molecule has 0 saturated heterocycles. The van der Waals surface area contributed by atoms with E-state index in [1.165, 1.54) is 0 Å². The van der Waals surface area contributed by atoms with Gasteiger partial charge in [0, 0.05) is 6.20 Å². The third kappa shape index (κ3) is 2.14. The van der Waals surface area contributed by atoms with E-state index in [0.29, 0.717) is 24.5 Å². The lowest BCUT2D eigenvalue weighted by atomic mass is 10.0. The van der Waals surface area contributed by atoms with Gasteiger partial charge in [-0.2, -0.15) is 0 Å². The molecule has 0 spiro atoms. The number of fused-ring (bicyclic) bond motifs is 1. The smallest absolute Gasteiger partial charge is 0.266 e. The number of rotatable bonds is 3. The normalized spacial score (nSPS) is 20.6. The number of nitrogens with zero attached hydrogens (tertiary/aromatic N) is 1. The molecule has 2 rings (SSSR count). The molecule has 0 aliphatic carbocycles. The number of hydrogen-bond acceptors (Lipinski definition) is 4. The minimum Gasteiger partial charge on any atom is -0.477 e. The van der Waals surface area contributed by atoms with Crippen LogP contribution in [0.3, 0.4) is 0 Å². The predicted octanol–water partition coefficient (Wildman–Crippen LogP) is 0.766. The summed E-state index contributed by atoms with van der Waals surface area (Å²) in [5, 5.41) is 2.72. The van der Waals surface area contributed by atoms with Crippen molar-refractivity contribution < 1.29 is 9.53 Å². The second-order valence-electron chi connectivity index (χ2n) is 4.02. The van der Waals surface area contributed by atoms with Crippen molar-refractivity contribution in [3.63, 3.8) is 0 Å². The summed E-state index contributed by atoms with van der Waals surface area (Å²) in [5.41, 5.74) is 5.53. The molecule has 5 nitrogen and oxygen atoms in total. The van der Waals surface area contributed by atoms with Crippen molar-refractivity contribution in [1.29, 1.82) is 0 Å². The van der Waals surface area contributed by atoms with Gasteiger partial charge in [0.2, 0.25) is 0 Å². The number of aromatic nitrogens is 1. The zero-order chi connectivity index (χ0) is 11.5. The summed E-state index contributed by atoms with van der Waals surface area (Å²) < 4.78 is 5.59. The summed E-state index contributed by atoms with van der Waals surface area (Å²) in [7, 11) is 0. The second-order valence-corrected chi connectivity index (χ2v) is 4.02. The minimum absolute atomic E-state index is 0.147. The van der Waals surface area contributed by atoms with Crippen LogP contribution in [0.15, 0.2) is 18.3 Å². The average molecular weight is 221 g/mol. The molecule has 5 heteroatoms. The van der Waals surface area contributed by atoms with Crippen molar-refractivity contribution >= 4 is 11.7 Å². The summed E-state index contributed by atoms with van der Waals surface area (Å²) in [6.45, 7) is 2.54. The number of carbonyl (C=O) groups is 1. The van der Waals surface area contributed by atoms with Crippen LogP contribution in [0, 0.1) is 5.92 Å². The number of carbonyl (C=O) groups excluding carboxylic acids is 1. The maximum Gasteiger partial charge on any atom is 0.266 e. The Kier molecular flexibility index (Phi) is 3.05. The Morgan fingerprint density at radius 3 is 3.25 bits per heavy atom. The number of nitrogens with one attached hydrogen (secondary N) is 1. The second kappa shape index (κ2) is 4.49. The highest BCUT2D eigenvalue weighted by molar-refractivity contribution is 5.96. The van der Waals surface area contributed by atoms with E-state index in [1.54, 1.807) is 18.3 Å². The highest BCUT2D eigenvalue weighted by atomic mass is 16.5. The molecule has 0 fully saturated rings. The van der Waals surface area contributed by atoms with Gasteiger partial charge < -0.3 is 15.8 Å².